The summed E-state index contributed by atoms with van der Waals surface area (Å²) in [7, 11) is 0. The van der Waals surface area contributed by atoms with Crippen LogP contribution < -0.4 is 16.0 Å². The van der Waals surface area contributed by atoms with Crippen LogP contribution in [0.5, 0.6) is 0 Å². The van der Waals surface area contributed by atoms with Crippen molar-refractivity contribution in [1.29, 1.82) is 0 Å². The fourth-order valence-electron chi connectivity index (χ4n) is 2.60. The van der Waals surface area contributed by atoms with E-state index in [9.17, 15) is 0 Å². The first-order valence-electron chi connectivity index (χ1n) is 8.88. The molecule has 29 heavy (non-hydrogen) atoms. The number of halogens is 1. The number of aryl methyl sites for hydroxylation is 1. The zero-order valence-corrected chi connectivity index (χ0v) is 17.1. The van der Waals surface area contributed by atoms with Gasteiger partial charge in [0.15, 0.2) is 0 Å². The van der Waals surface area contributed by atoms with Gasteiger partial charge in [0.2, 0.25) is 11.9 Å². The number of rotatable bonds is 7. The van der Waals surface area contributed by atoms with Crippen LogP contribution in [-0.4, -0.2) is 19.9 Å². The third kappa shape index (κ3) is 5.08. The summed E-state index contributed by atoms with van der Waals surface area (Å²) in [5.41, 5.74) is 1.69. The highest BCUT2D eigenvalue weighted by Crippen LogP contribution is 2.24. The van der Waals surface area contributed by atoms with Crippen LogP contribution in [0.15, 0.2) is 69.9 Å². The molecule has 146 valence electrons. The highest BCUT2D eigenvalue weighted by molar-refractivity contribution is 9.10. The van der Waals surface area contributed by atoms with Crippen LogP contribution in [0.2, 0.25) is 0 Å². The first kappa shape index (κ1) is 18.9. The molecular weight excluding hydrogens is 434 g/mol. The molecule has 3 aromatic heterocycles. The first-order valence-corrected chi connectivity index (χ1v) is 9.68. The Bertz CT molecular complexity index is 1100. The van der Waals surface area contributed by atoms with E-state index in [0.717, 1.165) is 27.4 Å². The summed E-state index contributed by atoms with van der Waals surface area (Å²) in [6, 6.07) is 13.4. The van der Waals surface area contributed by atoms with E-state index in [1.165, 1.54) is 0 Å². The van der Waals surface area contributed by atoms with E-state index < -0.39 is 0 Å². The van der Waals surface area contributed by atoms with Crippen molar-refractivity contribution in [3.63, 3.8) is 0 Å². The molecule has 0 fully saturated rings. The first-order chi connectivity index (χ1) is 14.2. The van der Waals surface area contributed by atoms with E-state index >= 15 is 0 Å². The zero-order valence-electron chi connectivity index (χ0n) is 15.6. The van der Waals surface area contributed by atoms with E-state index in [1.54, 1.807) is 24.7 Å². The number of nitrogens with zero attached hydrogens (tertiary/aromatic N) is 4. The Morgan fingerprint density at radius 1 is 0.931 bits per heavy atom. The SMILES string of the molecule is Cc1ccc(CNc2nc(Nc3cccc(Nc4ncccn4)c3)ncc2Br)o1. The molecule has 0 radical (unpaired) electrons. The van der Waals surface area contributed by atoms with Crippen molar-refractivity contribution in [2.75, 3.05) is 16.0 Å². The number of nitrogens with one attached hydrogen (secondary N) is 3. The van der Waals surface area contributed by atoms with Crippen LogP contribution in [-0.2, 0) is 6.54 Å². The molecule has 8 nitrogen and oxygen atoms in total. The van der Waals surface area contributed by atoms with E-state index in [4.69, 9.17) is 4.42 Å². The number of hydrogen-bond acceptors (Lipinski definition) is 8. The van der Waals surface area contributed by atoms with E-state index in [-0.39, 0.29) is 0 Å². The minimum Gasteiger partial charge on any atom is -0.465 e. The monoisotopic (exact) mass is 451 g/mol. The van der Waals surface area contributed by atoms with Crippen LogP contribution in [0, 0.1) is 6.92 Å². The van der Waals surface area contributed by atoms with Crippen LogP contribution >= 0.6 is 15.9 Å². The average molecular weight is 452 g/mol. The maximum Gasteiger partial charge on any atom is 0.229 e. The molecule has 0 atom stereocenters. The Morgan fingerprint density at radius 2 is 1.69 bits per heavy atom. The van der Waals surface area contributed by atoms with Gasteiger partial charge in [-0.15, -0.1) is 0 Å². The molecule has 0 aliphatic rings. The molecule has 0 spiro atoms. The number of hydrogen-bond donors (Lipinski definition) is 3. The van der Waals surface area contributed by atoms with Crippen LogP contribution in [0.25, 0.3) is 0 Å². The average Bonchev–Trinajstić information content (AvgIpc) is 3.15. The number of benzene rings is 1. The van der Waals surface area contributed by atoms with Crippen LogP contribution in [0.1, 0.15) is 11.5 Å². The Kier molecular flexibility index (Phi) is 5.66. The van der Waals surface area contributed by atoms with Crippen molar-refractivity contribution in [2.45, 2.75) is 13.5 Å². The smallest absolute Gasteiger partial charge is 0.229 e. The number of furan rings is 1. The normalized spacial score (nSPS) is 10.6. The van der Waals surface area contributed by atoms with Crippen molar-refractivity contribution in [1.82, 2.24) is 19.9 Å². The second kappa shape index (κ2) is 8.70. The fraction of sp³-hybridized carbons (Fsp3) is 0.100. The predicted octanol–water partition coefficient (Wildman–Crippen LogP) is 5.03. The summed E-state index contributed by atoms with van der Waals surface area (Å²) in [6.45, 7) is 2.44. The van der Waals surface area contributed by atoms with Gasteiger partial charge in [-0.05, 0) is 59.3 Å². The minimum atomic E-state index is 0.472. The molecule has 0 unspecified atom stereocenters. The molecule has 3 N–H and O–H groups in total. The molecule has 4 rings (SSSR count). The van der Waals surface area contributed by atoms with Crippen molar-refractivity contribution in [3.8, 4) is 0 Å². The summed E-state index contributed by atoms with van der Waals surface area (Å²) in [5.74, 6) is 3.39. The highest BCUT2D eigenvalue weighted by atomic mass is 79.9. The molecule has 4 aromatic rings. The molecule has 3 heterocycles. The van der Waals surface area contributed by atoms with E-state index in [2.05, 4.69) is 51.8 Å². The summed E-state index contributed by atoms with van der Waals surface area (Å²) < 4.78 is 6.35. The quantitative estimate of drug-likeness (QED) is 0.359. The number of aromatic nitrogens is 4. The molecular formula is C20H18BrN7O. The van der Waals surface area contributed by atoms with Crippen molar-refractivity contribution >= 4 is 45.0 Å². The van der Waals surface area contributed by atoms with Gasteiger partial charge < -0.3 is 20.4 Å². The van der Waals surface area contributed by atoms with Gasteiger partial charge in [-0.2, -0.15) is 4.98 Å². The minimum absolute atomic E-state index is 0.472. The molecule has 0 saturated heterocycles. The third-order valence-electron chi connectivity index (χ3n) is 3.91. The Labute approximate surface area is 176 Å². The standard InChI is InChI=1S/C20H18BrN7O/c1-13-6-7-16(29-13)11-24-18-17(21)12-25-20(28-18)27-15-5-2-4-14(10-15)26-19-22-8-3-9-23-19/h2-10,12H,11H2,1H3,(H,22,23,26)(H2,24,25,27,28). The van der Waals surface area contributed by atoms with Crippen molar-refractivity contribution in [3.05, 3.63) is 77.0 Å². The van der Waals surface area contributed by atoms with E-state index in [1.807, 2.05) is 43.3 Å². The van der Waals surface area contributed by atoms with Gasteiger partial charge in [0.25, 0.3) is 0 Å². The zero-order chi connectivity index (χ0) is 20.1. The highest BCUT2D eigenvalue weighted by Gasteiger charge is 2.07. The maximum absolute atomic E-state index is 5.58. The Hall–Kier alpha value is -3.46. The van der Waals surface area contributed by atoms with Crippen molar-refractivity contribution < 1.29 is 4.42 Å². The topological polar surface area (TPSA) is 101 Å². The molecule has 0 aliphatic heterocycles. The van der Waals surface area contributed by atoms with Crippen LogP contribution in [0.3, 0.4) is 0 Å². The maximum atomic E-state index is 5.58. The molecule has 0 bridgehead atoms. The van der Waals surface area contributed by atoms with Gasteiger partial charge in [-0.1, -0.05) is 6.07 Å². The summed E-state index contributed by atoms with van der Waals surface area (Å²) in [4.78, 5) is 17.2. The Morgan fingerprint density at radius 3 is 2.41 bits per heavy atom. The van der Waals surface area contributed by atoms with Gasteiger partial charge in [0.05, 0.1) is 11.0 Å². The van der Waals surface area contributed by atoms with Gasteiger partial charge in [-0.3, -0.25) is 0 Å². The summed E-state index contributed by atoms with van der Waals surface area (Å²) in [5, 5.41) is 9.62. The lowest BCUT2D eigenvalue weighted by atomic mass is 10.3. The molecule has 9 heteroatoms. The second-order valence-electron chi connectivity index (χ2n) is 6.16. The Balaban J connectivity index is 1.45. The lowest BCUT2D eigenvalue weighted by Gasteiger charge is -2.11. The van der Waals surface area contributed by atoms with Gasteiger partial charge in [0.1, 0.15) is 17.3 Å². The molecule has 0 amide bonds. The van der Waals surface area contributed by atoms with Gasteiger partial charge in [-0.25, -0.2) is 15.0 Å². The molecule has 0 saturated carbocycles. The fourth-order valence-corrected chi connectivity index (χ4v) is 2.93. The predicted molar refractivity (Wildman–Crippen MR) is 116 cm³/mol. The van der Waals surface area contributed by atoms with E-state index in [0.29, 0.717) is 24.3 Å². The third-order valence-corrected chi connectivity index (χ3v) is 4.49. The lowest BCUT2D eigenvalue weighted by molar-refractivity contribution is 0.490. The van der Waals surface area contributed by atoms with Gasteiger partial charge >= 0.3 is 0 Å². The van der Waals surface area contributed by atoms with Gasteiger partial charge in [0, 0.05) is 30.0 Å². The summed E-state index contributed by atoms with van der Waals surface area (Å²) in [6.07, 6.45) is 5.07. The second-order valence-corrected chi connectivity index (χ2v) is 7.01. The molecule has 1 aromatic carbocycles. The lowest BCUT2D eigenvalue weighted by Crippen LogP contribution is -2.05. The van der Waals surface area contributed by atoms with Crippen molar-refractivity contribution in [2.24, 2.45) is 0 Å². The molecule has 0 aliphatic carbocycles. The largest absolute Gasteiger partial charge is 0.465 e. The van der Waals surface area contributed by atoms with Crippen LogP contribution in [0.4, 0.5) is 29.1 Å². The summed E-state index contributed by atoms with van der Waals surface area (Å²) >= 11 is 3.47. The number of anilines is 5.